The molecule has 0 amide bonds. The summed E-state index contributed by atoms with van der Waals surface area (Å²) in [5.41, 5.74) is 5.61. The molecule has 2 aliphatic rings. The minimum atomic E-state index is 0.0460. The standard InChI is InChI=1S/C23H29N5O/c1-15-6-5-10-28(12-15)23-25-21-14-27(11-9-18(21)22(29)26-23)13-20-16(2)17-7-3-4-8-19(17)24-20/h3-4,7-8,15,24H,5-6,9-14H2,1-2H3,(H,25,26,29)/t15-/m1/s1. The van der Waals surface area contributed by atoms with Gasteiger partial charge in [-0.05, 0) is 43.7 Å². The lowest BCUT2D eigenvalue weighted by molar-refractivity contribution is 0.237. The summed E-state index contributed by atoms with van der Waals surface area (Å²) in [4.78, 5) is 28.9. The molecule has 29 heavy (non-hydrogen) atoms. The minimum Gasteiger partial charge on any atom is -0.357 e. The van der Waals surface area contributed by atoms with Crippen LogP contribution in [0, 0.1) is 12.8 Å². The summed E-state index contributed by atoms with van der Waals surface area (Å²) in [6, 6.07) is 8.45. The van der Waals surface area contributed by atoms with Gasteiger partial charge >= 0.3 is 0 Å². The van der Waals surface area contributed by atoms with Crippen LogP contribution in [-0.4, -0.2) is 39.5 Å². The molecule has 0 radical (unpaired) electrons. The third-order valence-corrected chi connectivity index (χ3v) is 6.55. The first-order valence-corrected chi connectivity index (χ1v) is 10.7. The zero-order chi connectivity index (χ0) is 20.0. The van der Waals surface area contributed by atoms with Crippen molar-refractivity contribution in [3.05, 3.63) is 57.1 Å². The largest absolute Gasteiger partial charge is 0.357 e. The molecule has 0 aliphatic carbocycles. The lowest BCUT2D eigenvalue weighted by Gasteiger charge is -2.33. The van der Waals surface area contributed by atoms with E-state index in [-0.39, 0.29) is 5.56 Å². The smallest absolute Gasteiger partial charge is 0.255 e. The van der Waals surface area contributed by atoms with Crippen molar-refractivity contribution in [1.29, 1.82) is 0 Å². The summed E-state index contributed by atoms with van der Waals surface area (Å²) < 4.78 is 0. The summed E-state index contributed by atoms with van der Waals surface area (Å²) in [5, 5.41) is 1.29. The van der Waals surface area contributed by atoms with E-state index in [0.717, 1.165) is 62.8 Å². The molecule has 3 aromatic rings. The average Bonchev–Trinajstić information content (AvgIpc) is 3.03. The summed E-state index contributed by atoms with van der Waals surface area (Å²) in [5.74, 6) is 1.40. The highest BCUT2D eigenvalue weighted by Crippen LogP contribution is 2.25. The van der Waals surface area contributed by atoms with Gasteiger partial charge in [0.2, 0.25) is 5.95 Å². The second-order valence-corrected chi connectivity index (χ2v) is 8.74. The molecule has 152 valence electrons. The summed E-state index contributed by atoms with van der Waals surface area (Å²) in [6.45, 7) is 8.86. The van der Waals surface area contributed by atoms with Crippen molar-refractivity contribution in [3.8, 4) is 0 Å². The van der Waals surface area contributed by atoms with Crippen molar-refractivity contribution in [1.82, 2.24) is 19.9 Å². The number of nitrogens with one attached hydrogen (secondary N) is 2. The van der Waals surface area contributed by atoms with Gasteiger partial charge in [-0.2, -0.15) is 0 Å². The van der Waals surface area contributed by atoms with Crippen LogP contribution in [0.5, 0.6) is 0 Å². The van der Waals surface area contributed by atoms with E-state index in [1.54, 1.807) is 0 Å². The van der Waals surface area contributed by atoms with Crippen LogP contribution in [0.1, 0.15) is 42.3 Å². The number of fused-ring (bicyclic) bond motifs is 2. The van der Waals surface area contributed by atoms with Crippen LogP contribution < -0.4 is 10.5 Å². The van der Waals surface area contributed by atoms with E-state index in [9.17, 15) is 4.79 Å². The Morgan fingerprint density at radius 1 is 1.21 bits per heavy atom. The molecule has 0 saturated carbocycles. The van der Waals surface area contributed by atoms with E-state index in [1.165, 1.54) is 28.6 Å². The number of benzene rings is 1. The number of aromatic nitrogens is 3. The molecule has 2 aliphatic heterocycles. The third-order valence-electron chi connectivity index (χ3n) is 6.55. The van der Waals surface area contributed by atoms with Crippen molar-refractivity contribution >= 4 is 16.9 Å². The maximum absolute atomic E-state index is 12.7. The molecule has 1 fully saturated rings. The lowest BCUT2D eigenvalue weighted by Crippen LogP contribution is -2.39. The number of para-hydroxylation sites is 1. The van der Waals surface area contributed by atoms with Crippen LogP contribution in [0.2, 0.25) is 0 Å². The number of piperidine rings is 1. The van der Waals surface area contributed by atoms with E-state index in [0.29, 0.717) is 5.92 Å². The first-order valence-electron chi connectivity index (χ1n) is 10.7. The summed E-state index contributed by atoms with van der Waals surface area (Å²) in [7, 11) is 0. The van der Waals surface area contributed by atoms with E-state index < -0.39 is 0 Å². The molecule has 1 saturated heterocycles. The van der Waals surface area contributed by atoms with Gasteiger partial charge in [0, 0.05) is 54.9 Å². The molecule has 1 atom stereocenters. The van der Waals surface area contributed by atoms with Crippen molar-refractivity contribution < 1.29 is 0 Å². The van der Waals surface area contributed by atoms with Gasteiger partial charge in [0.15, 0.2) is 0 Å². The Kier molecular flexibility index (Phi) is 4.66. The van der Waals surface area contributed by atoms with Gasteiger partial charge in [0.05, 0.1) is 5.69 Å². The van der Waals surface area contributed by atoms with Crippen molar-refractivity contribution in [2.75, 3.05) is 24.5 Å². The first-order chi connectivity index (χ1) is 14.1. The zero-order valence-electron chi connectivity index (χ0n) is 17.3. The van der Waals surface area contributed by atoms with Crippen LogP contribution in [0.3, 0.4) is 0 Å². The Bertz CT molecular complexity index is 1100. The van der Waals surface area contributed by atoms with E-state index >= 15 is 0 Å². The van der Waals surface area contributed by atoms with Crippen LogP contribution in [-0.2, 0) is 19.5 Å². The van der Waals surface area contributed by atoms with Gasteiger partial charge in [-0.15, -0.1) is 0 Å². The molecule has 2 aromatic heterocycles. The molecule has 0 spiro atoms. The van der Waals surface area contributed by atoms with Crippen LogP contribution >= 0.6 is 0 Å². The molecule has 0 bridgehead atoms. The monoisotopic (exact) mass is 391 g/mol. The molecule has 5 rings (SSSR count). The fourth-order valence-corrected chi connectivity index (χ4v) is 4.87. The number of aryl methyl sites for hydroxylation is 1. The molecular weight excluding hydrogens is 362 g/mol. The first kappa shape index (κ1) is 18.4. The predicted octanol–water partition coefficient (Wildman–Crippen LogP) is 3.35. The highest BCUT2D eigenvalue weighted by molar-refractivity contribution is 5.84. The molecule has 0 unspecified atom stereocenters. The number of H-pyrrole nitrogens is 2. The number of nitrogens with zero attached hydrogens (tertiary/aromatic N) is 3. The number of aromatic amines is 2. The van der Waals surface area contributed by atoms with Gasteiger partial charge in [0.25, 0.3) is 5.56 Å². The van der Waals surface area contributed by atoms with Gasteiger partial charge in [-0.3, -0.25) is 14.7 Å². The maximum atomic E-state index is 12.7. The van der Waals surface area contributed by atoms with Crippen molar-refractivity contribution in [2.24, 2.45) is 5.92 Å². The SMILES string of the molecule is Cc1c(CN2CCc3c(nc(N4CCC[C@@H](C)C4)[nH]c3=O)C2)[nH]c2ccccc12. The van der Waals surface area contributed by atoms with Crippen LogP contribution in [0.15, 0.2) is 29.1 Å². The lowest BCUT2D eigenvalue weighted by atomic mass is 10.0. The highest BCUT2D eigenvalue weighted by atomic mass is 16.1. The fourth-order valence-electron chi connectivity index (χ4n) is 4.87. The number of rotatable bonds is 3. The summed E-state index contributed by atoms with van der Waals surface area (Å²) >= 11 is 0. The van der Waals surface area contributed by atoms with Crippen LogP contribution in [0.4, 0.5) is 5.95 Å². The van der Waals surface area contributed by atoms with Gasteiger partial charge in [-0.25, -0.2) is 4.98 Å². The molecule has 4 heterocycles. The Morgan fingerprint density at radius 2 is 2.07 bits per heavy atom. The van der Waals surface area contributed by atoms with E-state index in [1.807, 2.05) is 0 Å². The Morgan fingerprint density at radius 3 is 2.90 bits per heavy atom. The van der Waals surface area contributed by atoms with Gasteiger partial charge < -0.3 is 9.88 Å². The Hall–Kier alpha value is -2.60. The van der Waals surface area contributed by atoms with Crippen molar-refractivity contribution in [3.63, 3.8) is 0 Å². The van der Waals surface area contributed by atoms with Gasteiger partial charge in [0.1, 0.15) is 0 Å². The minimum absolute atomic E-state index is 0.0460. The Labute approximate surface area is 171 Å². The summed E-state index contributed by atoms with van der Waals surface area (Å²) in [6.07, 6.45) is 3.17. The second kappa shape index (κ2) is 7.34. The number of hydrogen-bond acceptors (Lipinski definition) is 4. The zero-order valence-corrected chi connectivity index (χ0v) is 17.3. The second-order valence-electron chi connectivity index (χ2n) is 8.74. The third kappa shape index (κ3) is 3.46. The number of hydrogen-bond donors (Lipinski definition) is 2. The topological polar surface area (TPSA) is 68.0 Å². The van der Waals surface area contributed by atoms with E-state index in [4.69, 9.17) is 4.98 Å². The Balaban J connectivity index is 1.39. The van der Waals surface area contributed by atoms with Crippen LogP contribution in [0.25, 0.3) is 10.9 Å². The van der Waals surface area contributed by atoms with Crippen molar-refractivity contribution in [2.45, 2.75) is 46.2 Å². The average molecular weight is 392 g/mol. The molecule has 6 heteroatoms. The molecule has 6 nitrogen and oxygen atoms in total. The van der Waals surface area contributed by atoms with E-state index in [2.05, 4.69) is 57.9 Å². The molecular formula is C23H29N5O. The normalized spacial score (nSPS) is 20.2. The highest BCUT2D eigenvalue weighted by Gasteiger charge is 2.25. The fraction of sp³-hybridized carbons (Fsp3) is 0.478. The van der Waals surface area contributed by atoms with Gasteiger partial charge in [-0.1, -0.05) is 25.1 Å². The number of anilines is 1. The molecule has 1 aromatic carbocycles. The molecule has 2 N–H and O–H groups in total. The predicted molar refractivity (Wildman–Crippen MR) is 116 cm³/mol. The quantitative estimate of drug-likeness (QED) is 0.718. The maximum Gasteiger partial charge on any atom is 0.255 e.